The molecule has 0 fully saturated rings. The Kier molecular flexibility index (Phi) is 3.88. The van der Waals surface area contributed by atoms with Gasteiger partial charge >= 0.3 is 0 Å². The van der Waals surface area contributed by atoms with Gasteiger partial charge < -0.3 is 4.79 Å². The molecule has 0 amide bonds. The largest absolute Gasteiger partial charge is 0.302 e. The van der Waals surface area contributed by atoms with Gasteiger partial charge in [-0.25, -0.2) is 4.39 Å². The molecule has 0 aliphatic rings. The van der Waals surface area contributed by atoms with E-state index in [0.717, 1.165) is 0 Å². The van der Waals surface area contributed by atoms with Crippen LogP contribution in [0.4, 0.5) is 4.39 Å². The molecule has 1 aromatic rings. The summed E-state index contributed by atoms with van der Waals surface area (Å²) >= 11 is 8.62. The number of carbonyl (C=O) groups is 1. The number of rotatable bonds is 3. The molecule has 0 heterocycles. The van der Waals surface area contributed by atoms with Gasteiger partial charge in [-0.3, -0.25) is 0 Å². The van der Waals surface area contributed by atoms with E-state index in [0.29, 0.717) is 22.7 Å². The van der Waals surface area contributed by atoms with Gasteiger partial charge in [-0.2, -0.15) is 0 Å². The zero-order valence-corrected chi connectivity index (χ0v) is 8.98. The Hall–Kier alpha value is -0.410. The number of benzene rings is 1. The lowest BCUT2D eigenvalue weighted by Gasteiger charge is -2.02. The first-order valence-corrected chi connectivity index (χ1v) is 4.89. The molecule has 0 saturated heterocycles. The average Bonchev–Trinajstić information content (AvgIpc) is 2.11. The Bertz CT molecular complexity index is 316. The van der Waals surface area contributed by atoms with Crippen LogP contribution in [-0.2, 0) is 11.2 Å². The molecule has 4 heteroatoms. The number of halogens is 3. The van der Waals surface area contributed by atoms with Crippen molar-refractivity contribution in [3.63, 3.8) is 0 Å². The molecule has 13 heavy (non-hydrogen) atoms. The smallest absolute Gasteiger partial charge is 0.138 e. The molecule has 0 N–H and O–H groups in total. The summed E-state index contributed by atoms with van der Waals surface area (Å²) < 4.78 is 13.4. The van der Waals surface area contributed by atoms with Crippen molar-refractivity contribution >= 4 is 33.8 Å². The van der Waals surface area contributed by atoms with Crippen LogP contribution in [0.3, 0.4) is 0 Å². The van der Waals surface area contributed by atoms with Crippen molar-refractivity contribution in [1.29, 1.82) is 0 Å². The van der Waals surface area contributed by atoms with E-state index < -0.39 is 5.38 Å². The lowest BCUT2D eigenvalue weighted by atomic mass is 10.1. The third kappa shape index (κ3) is 3.08. The van der Waals surface area contributed by atoms with Crippen molar-refractivity contribution in [3.05, 3.63) is 34.1 Å². The summed E-state index contributed by atoms with van der Waals surface area (Å²) in [6.45, 7) is 0. The standard InChI is InChI=1S/C9H7BrClFO/c10-8-2-1-6(4-9(8)12)3-7(11)5-13/h1-2,4-5,7H,3H2. The van der Waals surface area contributed by atoms with E-state index in [1.807, 2.05) is 0 Å². The van der Waals surface area contributed by atoms with Crippen LogP contribution >= 0.6 is 27.5 Å². The SMILES string of the molecule is O=CC(Cl)Cc1ccc(Br)c(F)c1. The van der Waals surface area contributed by atoms with E-state index in [1.165, 1.54) is 6.07 Å². The molecule has 0 aliphatic heterocycles. The third-order valence-electron chi connectivity index (χ3n) is 1.56. The number of carbonyl (C=O) groups excluding carboxylic acids is 1. The molecular weight excluding hydrogens is 258 g/mol. The molecule has 70 valence electrons. The topological polar surface area (TPSA) is 17.1 Å². The maximum Gasteiger partial charge on any atom is 0.138 e. The minimum absolute atomic E-state index is 0.340. The van der Waals surface area contributed by atoms with Crippen molar-refractivity contribution in [2.75, 3.05) is 0 Å². The molecule has 1 atom stereocenters. The molecule has 0 saturated carbocycles. The first-order chi connectivity index (χ1) is 6.13. The van der Waals surface area contributed by atoms with Crippen LogP contribution in [-0.4, -0.2) is 11.7 Å². The van der Waals surface area contributed by atoms with Gasteiger partial charge in [-0.1, -0.05) is 6.07 Å². The van der Waals surface area contributed by atoms with Crippen LogP contribution in [0.5, 0.6) is 0 Å². The lowest BCUT2D eigenvalue weighted by Crippen LogP contribution is -2.04. The Balaban J connectivity index is 2.79. The van der Waals surface area contributed by atoms with E-state index in [-0.39, 0.29) is 5.82 Å². The van der Waals surface area contributed by atoms with Gasteiger partial charge in [0.15, 0.2) is 0 Å². The Morgan fingerprint density at radius 2 is 2.31 bits per heavy atom. The molecular formula is C9H7BrClFO. The van der Waals surface area contributed by atoms with E-state index >= 15 is 0 Å². The molecule has 0 spiro atoms. The lowest BCUT2D eigenvalue weighted by molar-refractivity contribution is -0.107. The average molecular weight is 266 g/mol. The number of hydrogen-bond donors (Lipinski definition) is 0. The summed E-state index contributed by atoms with van der Waals surface area (Å²) in [5, 5.41) is -0.583. The minimum atomic E-state index is -0.583. The highest BCUT2D eigenvalue weighted by molar-refractivity contribution is 9.10. The second-order valence-corrected chi connectivity index (χ2v) is 4.02. The number of hydrogen-bond acceptors (Lipinski definition) is 1. The molecule has 1 nitrogen and oxygen atoms in total. The van der Waals surface area contributed by atoms with E-state index in [2.05, 4.69) is 15.9 Å². The van der Waals surface area contributed by atoms with E-state index in [9.17, 15) is 9.18 Å². The summed E-state index contributed by atoms with van der Waals surface area (Å²) in [6.07, 6.45) is 0.997. The summed E-state index contributed by atoms with van der Waals surface area (Å²) in [5.41, 5.74) is 0.716. The Labute approximate surface area is 89.0 Å². The normalized spacial score (nSPS) is 12.5. The van der Waals surface area contributed by atoms with Crippen molar-refractivity contribution in [3.8, 4) is 0 Å². The van der Waals surface area contributed by atoms with Crippen molar-refractivity contribution in [1.82, 2.24) is 0 Å². The van der Waals surface area contributed by atoms with Crippen LogP contribution in [0.15, 0.2) is 22.7 Å². The fraction of sp³-hybridized carbons (Fsp3) is 0.222. The summed E-state index contributed by atoms with van der Waals surface area (Å²) in [4.78, 5) is 10.2. The van der Waals surface area contributed by atoms with Gasteiger partial charge in [-0.05, 0) is 40.0 Å². The summed E-state index contributed by atoms with van der Waals surface area (Å²) in [6, 6.07) is 4.69. The maximum absolute atomic E-state index is 13.0. The minimum Gasteiger partial charge on any atom is -0.302 e. The van der Waals surface area contributed by atoms with Gasteiger partial charge in [0.25, 0.3) is 0 Å². The molecule has 1 unspecified atom stereocenters. The van der Waals surface area contributed by atoms with Gasteiger partial charge in [0.1, 0.15) is 12.1 Å². The van der Waals surface area contributed by atoms with Crippen molar-refractivity contribution < 1.29 is 9.18 Å². The molecule has 1 aromatic carbocycles. The van der Waals surface area contributed by atoms with Crippen LogP contribution in [0.1, 0.15) is 5.56 Å². The van der Waals surface area contributed by atoms with Crippen molar-refractivity contribution in [2.24, 2.45) is 0 Å². The fourth-order valence-corrected chi connectivity index (χ4v) is 1.36. The fourth-order valence-electron chi connectivity index (χ4n) is 0.940. The third-order valence-corrected chi connectivity index (χ3v) is 2.46. The van der Waals surface area contributed by atoms with Crippen LogP contribution in [0.25, 0.3) is 0 Å². The van der Waals surface area contributed by atoms with Gasteiger partial charge in [0.2, 0.25) is 0 Å². The molecule has 0 aromatic heterocycles. The van der Waals surface area contributed by atoms with Gasteiger partial charge in [0.05, 0.1) is 9.85 Å². The molecule has 0 radical (unpaired) electrons. The van der Waals surface area contributed by atoms with Crippen molar-refractivity contribution in [2.45, 2.75) is 11.8 Å². The Morgan fingerprint density at radius 3 is 2.85 bits per heavy atom. The van der Waals surface area contributed by atoms with Crippen LogP contribution in [0.2, 0.25) is 0 Å². The van der Waals surface area contributed by atoms with Crippen LogP contribution in [0, 0.1) is 5.82 Å². The predicted molar refractivity (Wildman–Crippen MR) is 53.5 cm³/mol. The van der Waals surface area contributed by atoms with Crippen LogP contribution < -0.4 is 0 Å². The zero-order valence-electron chi connectivity index (χ0n) is 6.64. The highest BCUT2D eigenvalue weighted by Gasteiger charge is 2.06. The highest BCUT2D eigenvalue weighted by Crippen LogP contribution is 2.17. The van der Waals surface area contributed by atoms with Gasteiger partial charge in [0, 0.05) is 0 Å². The van der Waals surface area contributed by atoms with E-state index in [1.54, 1.807) is 12.1 Å². The van der Waals surface area contributed by atoms with Gasteiger partial charge in [-0.15, -0.1) is 11.6 Å². The maximum atomic E-state index is 13.0. The second-order valence-electron chi connectivity index (χ2n) is 2.60. The molecule has 0 aliphatic carbocycles. The quantitative estimate of drug-likeness (QED) is 0.607. The summed E-state index contributed by atoms with van der Waals surface area (Å²) in [7, 11) is 0. The molecule has 0 bridgehead atoms. The first kappa shape index (κ1) is 10.7. The summed E-state index contributed by atoms with van der Waals surface area (Å²) in [5.74, 6) is -0.340. The number of alkyl halides is 1. The van der Waals surface area contributed by atoms with E-state index in [4.69, 9.17) is 11.6 Å². The second kappa shape index (κ2) is 4.72. The zero-order chi connectivity index (χ0) is 9.84. The highest BCUT2D eigenvalue weighted by atomic mass is 79.9. The molecule has 1 rings (SSSR count). The predicted octanol–water partition coefficient (Wildman–Crippen LogP) is 2.94. The first-order valence-electron chi connectivity index (χ1n) is 3.67. The number of aldehydes is 1. The monoisotopic (exact) mass is 264 g/mol. The Morgan fingerprint density at radius 1 is 1.62 bits per heavy atom.